The first kappa shape index (κ1) is 15.8. The molecule has 0 aliphatic heterocycles. The van der Waals surface area contributed by atoms with Crippen LogP contribution in [0.3, 0.4) is 0 Å². The van der Waals surface area contributed by atoms with Crippen LogP contribution < -0.4 is 10.6 Å². The first-order valence-corrected chi connectivity index (χ1v) is 7.93. The zero-order chi connectivity index (χ0) is 15.5. The number of rotatable bonds is 5. The number of nitrogens with one attached hydrogen (secondary N) is 2. The molecule has 2 N–H and O–H groups in total. The number of carbonyl (C=O) groups is 1. The van der Waals surface area contributed by atoms with E-state index in [1.165, 1.54) is 5.39 Å². The zero-order valence-electron chi connectivity index (χ0n) is 12.7. The molecule has 0 radical (unpaired) electrons. The Balaban J connectivity index is 2.00. The number of benzene rings is 2. The molecular formula is C17H21BrN2O. The van der Waals surface area contributed by atoms with Gasteiger partial charge in [-0.1, -0.05) is 35.0 Å². The Morgan fingerprint density at radius 2 is 1.81 bits per heavy atom. The highest BCUT2D eigenvalue weighted by atomic mass is 79.9. The van der Waals surface area contributed by atoms with E-state index in [4.69, 9.17) is 0 Å². The van der Waals surface area contributed by atoms with E-state index in [0.29, 0.717) is 0 Å². The standard InChI is InChI=1S/C17H21BrN2O/c1-4-17(2,3)20-16(21)11-19-15-8-6-12-9-14(18)7-5-13(12)10-15/h5-10,19H,4,11H2,1-3H3,(H,20,21). The molecule has 0 aromatic heterocycles. The molecule has 21 heavy (non-hydrogen) atoms. The summed E-state index contributed by atoms with van der Waals surface area (Å²) in [6.07, 6.45) is 0.906. The lowest BCUT2D eigenvalue weighted by Gasteiger charge is -2.24. The summed E-state index contributed by atoms with van der Waals surface area (Å²) in [6.45, 7) is 6.40. The third kappa shape index (κ3) is 4.46. The van der Waals surface area contributed by atoms with Crippen molar-refractivity contribution in [2.45, 2.75) is 32.7 Å². The van der Waals surface area contributed by atoms with Gasteiger partial charge >= 0.3 is 0 Å². The topological polar surface area (TPSA) is 41.1 Å². The van der Waals surface area contributed by atoms with E-state index in [0.717, 1.165) is 22.0 Å². The molecular weight excluding hydrogens is 328 g/mol. The summed E-state index contributed by atoms with van der Waals surface area (Å²) in [7, 11) is 0. The molecule has 0 fully saturated rings. The van der Waals surface area contributed by atoms with E-state index >= 15 is 0 Å². The smallest absolute Gasteiger partial charge is 0.239 e. The van der Waals surface area contributed by atoms with Gasteiger partial charge in [-0.25, -0.2) is 0 Å². The second kappa shape index (κ2) is 6.48. The second-order valence-electron chi connectivity index (χ2n) is 5.85. The fourth-order valence-corrected chi connectivity index (χ4v) is 2.40. The van der Waals surface area contributed by atoms with Crippen LogP contribution in [0.25, 0.3) is 10.8 Å². The monoisotopic (exact) mass is 348 g/mol. The Labute approximate surface area is 134 Å². The molecule has 0 saturated carbocycles. The molecule has 2 aromatic carbocycles. The van der Waals surface area contributed by atoms with E-state index in [2.05, 4.69) is 57.8 Å². The zero-order valence-corrected chi connectivity index (χ0v) is 14.3. The highest BCUT2D eigenvalue weighted by molar-refractivity contribution is 9.10. The molecule has 0 bridgehead atoms. The van der Waals surface area contributed by atoms with Crippen molar-refractivity contribution in [1.29, 1.82) is 0 Å². The summed E-state index contributed by atoms with van der Waals surface area (Å²) >= 11 is 3.47. The minimum absolute atomic E-state index is 0.0118. The average Bonchev–Trinajstić information content (AvgIpc) is 2.44. The summed E-state index contributed by atoms with van der Waals surface area (Å²) in [5.41, 5.74) is 0.795. The maximum absolute atomic E-state index is 11.9. The molecule has 1 amide bonds. The number of anilines is 1. The Morgan fingerprint density at radius 1 is 1.14 bits per heavy atom. The first-order chi connectivity index (χ1) is 9.89. The summed E-state index contributed by atoms with van der Waals surface area (Å²) < 4.78 is 1.07. The number of hydrogen-bond acceptors (Lipinski definition) is 2. The molecule has 0 unspecified atom stereocenters. The Morgan fingerprint density at radius 3 is 2.52 bits per heavy atom. The fourth-order valence-electron chi connectivity index (χ4n) is 2.02. The molecule has 0 saturated heterocycles. The second-order valence-corrected chi connectivity index (χ2v) is 6.76. The number of amides is 1. The van der Waals surface area contributed by atoms with Gasteiger partial charge in [-0.15, -0.1) is 0 Å². The van der Waals surface area contributed by atoms with Crippen molar-refractivity contribution in [2.75, 3.05) is 11.9 Å². The maximum Gasteiger partial charge on any atom is 0.239 e. The molecule has 0 heterocycles. The van der Waals surface area contributed by atoms with Gasteiger partial charge in [0.1, 0.15) is 0 Å². The van der Waals surface area contributed by atoms with Gasteiger partial charge < -0.3 is 10.6 Å². The lowest BCUT2D eigenvalue weighted by molar-refractivity contribution is -0.121. The van der Waals surface area contributed by atoms with Gasteiger partial charge in [0.05, 0.1) is 6.54 Å². The lowest BCUT2D eigenvalue weighted by Crippen LogP contribution is -2.45. The van der Waals surface area contributed by atoms with Crippen molar-refractivity contribution in [3.05, 3.63) is 40.9 Å². The molecule has 2 aromatic rings. The number of fused-ring (bicyclic) bond motifs is 1. The van der Waals surface area contributed by atoms with Crippen molar-refractivity contribution in [2.24, 2.45) is 0 Å². The van der Waals surface area contributed by atoms with Crippen LogP contribution in [0, 0.1) is 0 Å². The van der Waals surface area contributed by atoms with Crippen molar-refractivity contribution in [3.63, 3.8) is 0 Å². The van der Waals surface area contributed by atoms with Crippen LogP contribution in [0.1, 0.15) is 27.2 Å². The van der Waals surface area contributed by atoms with E-state index in [1.807, 2.05) is 26.0 Å². The van der Waals surface area contributed by atoms with Crippen LogP contribution in [0.4, 0.5) is 5.69 Å². The van der Waals surface area contributed by atoms with Crippen LogP contribution in [-0.2, 0) is 4.79 Å². The van der Waals surface area contributed by atoms with Crippen LogP contribution in [0.15, 0.2) is 40.9 Å². The number of halogens is 1. The quantitative estimate of drug-likeness (QED) is 0.844. The normalized spacial score (nSPS) is 11.4. The molecule has 0 aliphatic rings. The summed E-state index contributed by atoms with van der Waals surface area (Å²) in [6, 6.07) is 12.3. The number of hydrogen-bond donors (Lipinski definition) is 2. The number of carbonyl (C=O) groups excluding carboxylic acids is 1. The largest absolute Gasteiger partial charge is 0.376 e. The van der Waals surface area contributed by atoms with Crippen LogP contribution in [0.2, 0.25) is 0 Å². The van der Waals surface area contributed by atoms with Crippen molar-refractivity contribution in [3.8, 4) is 0 Å². The summed E-state index contributed by atoms with van der Waals surface area (Å²) in [4.78, 5) is 11.9. The van der Waals surface area contributed by atoms with E-state index in [1.54, 1.807) is 0 Å². The Hall–Kier alpha value is -1.55. The minimum Gasteiger partial charge on any atom is -0.376 e. The summed E-state index contributed by atoms with van der Waals surface area (Å²) in [5.74, 6) is 0.0118. The van der Waals surface area contributed by atoms with E-state index < -0.39 is 0 Å². The minimum atomic E-state index is -0.158. The van der Waals surface area contributed by atoms with Crippen molar-refractivity contribution in [1.82, 2.24) is 5.32 Å². The molecule has 0 aliphatic carbocycles. The molecule has 3 nitrogen and oxygen atoms in total. The molecule has 0 spiro atoms. The van der Waals surface area contributed by atoms with Crippen molar-refractivity contribution < 1.29 is 4.79 Å². The third-order valence-corrected chi connectivity index (χ3v) is 4.11. The van der Waals surface area contributed by atoms with E-state index in [-0.39, 0.29) is 18.0 Å². The Bertz CT molecular complexity index is 652. The summed E-state index contributed by atoms with van der Waals surface area (Å²) in [5, 5.41) is 8.51. The third-order valence-electron chi connectivity index (χ3n) is 3.62. The van der Waals surface area contributed by atoms with Gasteiger partial charge in [0.15, 0.2) is 0 Å². The van der Waals surface area contributed by atoms with Gasteiger partial charge in [0, 0.05) is 15.7 Å². The predicted molar refractivity (Wildman–Crippen MR) is 92.7 cm³/mol. The first-order valence-electron chi connectivity index (χ1n) is 7.14. The van der Waals surface area contributed by atoms with Gasteiger partial charge in [-0.05, 0) is 55.3 Å². The molecule has 0 atom stereocenters. The highest BCUT2D eigenvalue weighted by Crippen LogP contribution is 2.22. The SMILES string of the molecule is CCC(C)(C)NC(=O)CNc1ccc2cc(Br)ccc2c1. The Kier molecular flexibility index (Phi) is 4.88. The fraction of sp³-hybridized carbons (Fsp3) is 0.353. The molecule has 112 valence electrons. The van der Waals surface area contributed by atoms with Gasteiger partial charge in [0.2, 0.25) is 5.91 Å². The highest BCUT2D eigenvalue weighted by Gasteiger charge is 2.17. The van der Waals surface area contributed by atoms with Gasteiger partial charge in [-0.2, -0.15) is 0 Å². The molecule has 4 heteroatoms. The van der Waals surface area contributed by atoms with Gasteiger partial charge in [-0.3, -0.25) is 4.79 Å². The van der Waals surface area contributed by atoms with E-state index in [9.17, 15) is 4.79 Å². The van der Waals surface area contributed by atoms with Crippen LogP contribution in [0.5, 0.6) is 0 Å². The van der Waals surface area contributed by atoms with Crippen molar-refractivity contribution >= 4 is 38.3 Å². The average molecular weight is 349 g/mol. The molecule has 2 rings (SSSR count). The maximum atomic E-state index is 11.9. The van der Waals surface area contributed by atoms with Crippen LogP contribution >= 0.6 is 15.9 Å². The van der Waals surface area contributed by atoms with Gasteiger partial charge in [0.25, 0.3) is 0 Å². The lowest BCUT2D eigenvalue weighted by atomic mass is 10.0. The van der Waals surface area contributed by atoms with Crippen LogP contribution in [-0.4, -0.2) is 18.0 Å². The predicted octanol–water partition coefficient (Wildman–Crippen LogP) is 4.32.